The summed E-state index contributed by atoms with van der Waals surface area (Å²) in [6.45, 7) is 0.851. The van der Waals surface area contributed by atoms with Gasteiger partial charge in [-0.05, 0) is 37.1 Å². The summed E-state index contributed by atoms with van der Waals surface area (Å²) >= 11 is 1.54. The molecule has 1 aliphatic carbocycles. The lowest BCUT2D eigenvalue weighted by Crippen LogP contribution is -2.25. The van der Waals surface area contributed by atoms with E-state index in [2.05, 4.69) is 26.1 Å². The lowest BCUT2D eigenvalue weighted by molar-refractivity contribution is -0.117. The van der Waals surface area contributed by atoms with Crippen LogP contribution in [0.1, 0.15) is 19.3 Å². The van der Waals surface area contributed by atoms with Crippen LogP contribution in [0, 0.1) is 5.92 Å². The van der Waals surface area contributed by atoms with E-state index in [4.69, 9.17) is 4.98 Å². The molecule has 8 nitrogen and oxygen atoms in total. The van der Waals surface area contributed by atoms with E-state index in [0.717, 1.165) is 52.9 Å². The molecule has 3 aromatic rings. The number of fused-ring (bicyclic) bond motifs is 1. The fraction of sp³-hybridized carbons (Fsp3) is 0.263. The SMILES string of the molecule is O=C(Nc1ccc(Sc2cc3nccn3c(/N=C3\CCNN3)n2)cc1)C1CC1. The van der Waals surface area contributed by atoms with E-state index < -0.39 is 0 Å². The molecule has 1 aliphatic heterocycles. The zero-order valence-electron chi connectivity index (χ0n) is 15.1. The zero-order chi connectivity index (χ0) is 18.9. The fourth-order valence-electron chi connectivity index (χ4n) is 2.95. The van der Waals surface area contributed by atoms with E-state index in [9.17, 15) is 4.79 Å². The molecule has 28 heavy (non-hydrogen) atoms. The van der Waals surface area contributed by atoms with Crippen LogP contribution in [0.3, 0.4) is 0 Å². The maximum Gasteiger partial charge on any atom is 0.238 e. The average Bonchev–Trinajstić information content (AvgIpc) is 3.22. The minimum absolute atomic E-state index is 0.116. The Morgan fingerprint density at radius 2 is 2.14 bits per heavy atom. The van der Waals surface area contributed by atoms with Crippen molar-refractivity contribution < 1.29 is 4.79 Å². The molecule has 3 heterocycles. The Hall–Kier alpha value is -2.91. The molecule has 3 N–H and O–H groups in total. The van der Waals surface area contributed by atoms with E-state index in [1.54, 1.807) is 18.0 Å². The summed E-state index contributed by atoms with van der Waals surface area (Å²) in [5.74, 6) is 1.77. The Morgan fingerprint density at radius 3 is 2.89 bits per heavy atom. The Kier molecular flexibility index (Phi) is 4.46. The summed E-state index contributed by atoms with van der Waals surface area (Å²) in [5.41, 5.74) is 7.73. The summed E-state index contributed by atoms with van der Waals surface area (Å²) in [5, 5.41) is 3.78. The number of nitrogens with one attached hydrogen (secondary N) is 3. The molecule has 0 unspecified atom stereocenters. The number of anilines is 1. The van der Waals surface area contributed by atoms with Gasteiger partial charge in [0.1, 0.15) is 16.5 Å². The molecule has 1 amide bonds. The highest BCUT2D eigenvalue weighted by atomic mass is 32.2. The third-order valence-electron chi connectivity index (χ3n) is 4.59. The minimum atomic E-state index is 0.116. The van der Waals surface area contributed by atoms with Gasteiger partial charge in [0, 0.05) is 47.9 Å². The molecule has 0 atom stereocenters. The van der Waals surface area contributed by atoms with Crippen molar-refractivity contribution in [2.24, 2.45) is 10.9 Å². The first-order chi connectivity index (χ1) is 13.7. The van der Waals surface area contributed by atoms with E-state index in [1.165, 1.54) is 0 Å². The number of imidazole rings is 1. The molecular weight excluding hydrogens is 374 g/mol. The summed E-state index contributed by atoms with van der Waals surface area (Å²) < 4.78 is 1.87. The third kappa shape index (κ3) is 3.71. The van der Waals surface area contributed by atoms with E-state index in [0.29, 0.717) is 5.95 Å². The molecule has 2 aliphatic rings. The first-order valence-electron chi connectivity index (χ1n) is 9.24. The van der Waals surface area contributed by atoms with Crippen LogP contribution in [-0.2, 0) is 4.79 Å². The van der Waals surface area contributed by atoms with Crippen molar-refractivity contribution in [1.82, 2.24) is 25.2 Å². The lowest BCUT2D eigenvalue weighted by atomic mass is 10.3. The molecule has 0 bridgehead atoms. The molecule has 9 heteroatoms. The second-order valence-electron chi connectivity index (χ2n) is 6.80. The molecule has 0 radical (unpaired) electrons. The molecule has 142 valence electrons. The number of hydrazine groups is 1. The Labute approximate surface area is 165 Å². The van der Waals surface area contributed by atoms with Crippen LogP contribution in [0.15, 0.2) is 57.6 Å². The van der Waals surface area contributed by atoms with Crippen LogP contribution in [0.25, 0.3) is 5.65 Å². The zero-order valence-corrected chi connectivity index (χ0v) is 15.9. The first kappa shape index (κ1) is 17.2. The summed E-state index contributed by atoms with van der Waals surface area (Å²) in [7, 11) is 0. The van der Waals surface area contributed by atoms with Crippen molar-refractivity contribution in [2.75, 3.05) is 11.9 Å². The number of aliphatic imine (C=N–C) groups is 1. The normalized spacial score (nSPS) is 17.8. The average molecular weight is 393 g/mol. The van der Waals surface area contributed by atoms with Gasteiger partial charge in [-0.3, -0.25) is 9.20 Å². The van der Waals surface area contributed by atoms with Crippen LogP contribution in [-0.4, -0.2) is 32.7 Å². The van der Waals surface area contributed by atoms with Crippen molar-refractivity contribution in [3.63, 3.8) is 0 Å². The third-order valence-corrected chi connectivity index (χ3v) is 5.52. The molecule has 1 aromatic carbocycles. The standard InChI is InChI=1S/C19H19N7OS/c27-18(12-1-2-12)22-13-3-5-14(6-4-13)28-17-11-16-20-9-10-26(16)19(24-17)23-15-7-8-21-25-15/h3-6,9-12,21H,1-2,7-8H2,(H,22,27)(H,23,24,25). The molecule has 2 aromatic heterocycles. The maximum absolute atomic E-state index is 11.9. The van der Waals surface area contributed by atoms with Gasteiger partial charge in [-0.25, -0.2) is 15.4 Å². The second-order valence-corrected chi connectivity index (χ2v) is 7.89. The number of hydrogen-bond donors (Lipinski definition) is 3. The van der Waals surface area contributed by atoms with Gasteiger partial charge in [-0.1, -0.05) is 11.8 Å². The van der Waals surface area contributed by atoms with Crippen LogP contribution in [0.4, 0.5) is 11.6 Å². The molecule has 1 saturated heterocycles. The Bertz CT molecular complexity index is 1050. The van der Waals surface area contributed by atoms with Gasteiger partial charge >= 0.3 is 0 Å². The predicted octanol–water partition coefficient (Wildman–Crippen LogP) is 2.76. The highest BCUT2D eigenvalue weighted by Gasteiger charge is 2.29. The number of hydrogen-bond acceptors (Lipinski definition) is 6. The number of amides is 1. The van der Waals surface area contributed by atoms with Crippen molar-refractivity contribution in [1.29, 1.82) is 0 Å². The molecule has 0 spiro atoms. The predicted molar refractivity (Wildman–Crippen MR) is 108 cm³/mol. The van der Waals surface area contributed by atoms with Gasteiger partial charge in [0.2, 0.25) is 11.9 Å². The van der Waals surface area contributed by atoms with Crippen molar-refractivity contribution in [3.05, 3.63) is 42.7 Å². The molecule has 5 rings (SSSR count). The number of nitrogens with zero attached hydrogens (tertiary/aromatic N) is 4. The summed E-state index contributed by atoms with van der Waals surface area (Å²) in [6, 6.07) is 9.76. The number of carbonyl (C=O) groups excluding carboxylic acids is 1. The lowest BCUT2D eigenvalue weighted by Gasteiger charge is -2.07. The van der Waals surface area contributed by atoms with E-state index >= 15 is 0 Å². The highest BCUT2D eigenvalue weighted by molar-refractivity contribution is 7.99. The first-order valence-corrected chi connectivity index (χ1v) is 10.1. The van der Waals surface area contributed by atoms with Crippen LogP contribution in [0.2, 0.25) is 0 Å². The van der Waals surface area contributed by atoms with Gasteiger partial charge in [0.15, 0.2) is 0 Å². The number of rotatable bonds is 5. The van der Waals surface area contributed by atoms with Gasteiger partial charge < -0.3 is 10.7 Å². The summed E-state index contributed by atoms with van der Waals surface area (Å²) in [6.07, 6.45) is 6.44. The number of carbonyl (C=O) groups is 1. The fourth-order valence-corrected chi connectivity index (χ4v) is 3.75. The van der Waals surface area contributed by atoms with Gasteiger partial charge in [-0.15, -0.1) is 0 Å². The second kappa shape index (κ2) is 7.25. The van der Waals surface area contributed by atoms with Crippen molar-refractivity contribution in [2.45, 2.75) is 29.2 Å². The Balaban J connectivity index is 1.37. The maximum atomic E-state index is 11.9. The van der Waals surface area contributed by atoms with E-state index in [1.807, 2.05) is 40.9 Å². The topological polar surface area (TPSA) is 95.7 Å². The van der Waals surface area contributed by atoms with Gasteiger partial charge in [-0.2, -0.15) is 4.99 Å². The van der Waals surface area contributed by atoms with Crippen molar-refractivity contribution >= 4 is 40.8 Å². The van der Waals surface area contributed by atoms with Crippen LogP contribution in [0.5, 0.6) is 0 Å². The van der Waals surface area contributed by atoms with Crippen molar-refractivity contribution in [3.8, 4) is 0 Å². The van der Waals surface area contributed by atoms with Crippen LogP contribution < -0.4 is 16.2 Å². The van der Waals surface area contributed by atoms with Gasteiger partial charge in [0.25, 0.3) is 0 Å². The number of benzene rings is 1. The smallest absolute Gasteiger partial charge is 0.238 e. The number of aromatic nitrogens is 3. The van der Waals surface area contributed by atoms with Gasteiger partial charge in [0.05, 0.1) is 0 Å². The molecule has 2 fully saturated rings. The molecule has 1 saturated carbocycles. The quantitative estimate of drug-likeness (QED) is 0.577. The monoisotopic (exact) mass is 393 g/mol. The summed E-state index contributed by atoms with van der Waals surface area (Å²) in [4.78, 5) is 26.6. The van der Waals surface area contributed by atoms with Crippen LogP contribution >= 0.6 is 11.8 Å². The minimum Gasteiger partial charge on any atom is -0.326 e. The largest absolute Gasteiger partial charge is 0.326 e. The Morgan fingerprint density at radius 1 is 1.29 bits per heavy atom. The molecular formula is C19H19N7OS. The van der Waals surface area contributed by atoms with E-state index in [-0.39, 0.29) is 11.8 Å². The number of amidine groups is 1. The highest BCUT2D eigenvalue weighted by Crippen LogP contribution is 2.32.